The number of nitrogens with zero attached hydrogens (tertiary/aromatic N) is 1. The fourth-order valence-electron chi connectivity index (χ4n) is 3.58. The molecule has 0 radical (unpaired) electrons. The average molecular weight is 369 g/mol. The SMILES string of the molecule is CCOC(=O)c1cc2ccccc2cc1-c1nccc2cc(C(C)C)ccc12. The summed E-state index contributed by atoms with van der Waals surface area (Å²) in [6.45, 7) is 6.53. The molecule has 4 aromatic rings. The highest BCUT2D eigenvalue weighted by Gasteiger charge is 2.18. The van der Waals surface area contributed by atoms with Crippen LogP contribution in [0.15, 0.2) is 66.9 Å². The van der Waals surface area contributed by atoms with Gasteiger partial charge in [-0.15, -0.1) is 0 Å². The van der Waals surface area contributed by atoms with Gasteiger partial charge in [0.15, 0.2) is 0 Å². The van der Waals surface area contributed by atoms with Crippen molar-refractivity contribution < 1.29 is 9.53 Å². The first-order chi connectivity index (χ1) is 13.6. The number of pyridine rings is 1. The minimum atomic E-state index is -0.319. The second-order valence-electron chi connectivity index (χ2n) is 7.26. The maximum atomic E-state index is 12.7. The van der Waals surface area contributed by atoms with E-state index in [2.05, 4.69) is 43.1 Å². The average Bonchev–Trinajstić information content (AvgIpc) is 2.72. The zero-order valence-electron chi connectivity index (χ0n) is 16.4. The van der Waals surface area contributed by atoms with Crippen molar-refractivity contribution in [2.45, 2.75) is 26.7 Å². The molecule has 0 fully saturated rings. The predicted octanol–water partition coefficient (Wildman–Crippen LogP) is 6.36. The molecule has 0 spiro atoms. The van der Waals surface area contributed by atoms with Crippen molar-refractivity contribution in [2.24, 2.45) is 0 Å². The Kier molecular flexibility index (Phi) is 4.82. The van der Waals surface area contributed by atoms with E-state index in [1.807, 2.05) is 49.5 Å². The third-order valence-electron chi connectivity index (χ3n) is 5.09. The van der Waals surface area contributed by atoms with E-state index in [1.165, 1.54) is 5.56 Å². The Labute approximate surface area is 165 Å². The highest BCUT2D eigenvalue weighted by Crippen LogP contribution is 2.34. The van der Waals surface area contributed by atoms with Crippen LogP contribution in [0.25, 0.3) is 32.8 Å². The summed E-state index contributed by atoms with van der Waals surface area (Å²) in [7, 11) is 0. The summed E-state index contributed by atoms with van der Waals surface area (Å²) in [6, 6.07) is 20.5. The number of benzene rings is 3. The number of hydrogen-bond donors (Lipinski definition) is 0. The van der Waals surface area contributed by atoms with Crippen molar-refractivity contribution in [1.82, 2.24) is 4.98 Å². The summed E-state index contributed by atoms with van der Waals surface area (Å²) in [5.74, 6) is 0.137. The molecule has 0 saturated heterocycles. The van der Waals surface area contributed by atoms with Gasteiger partial charge in [-0.25, -0.2) is 4.79 Å². The molecule has 0 unspecified atom stereocenters. The van der Waals surface area contributed by atoms with Gasteiger partial charge in [0.25, 0.3) is 0 Å². The zero-order chi connectivity index (χ0) is 19.7. The molecule has 3 nitrogen and oxygen atoms in total. The summed E-state index contributed by atoms with van der Waals surface area (Å²) in [4.78, 5) is 17.4. The fraction of sp³-hybridized carbons (Fsp3) is 0.200. The predicted molar refractivity (Wildman–Crippen MR) is 115 cm³/mol. The van der Waals surface area contributed by atoms with Crippen LogP contribution < -0.4 is 0 Å². The molecule has 3 heteroatoms. The van der Waals surface area contributed by atoms with Crippen molar-refractivity contribution in [1.29, 1.82) is 0 Å². The molecule has 1 aromatic heterocycles. The number of fused-ring (bicyclic) bond motifs is 2. The molecule has 0 saturated carbocycles. The van der Waals surface area contributed by atoms with Gasteiger partial charge in [-0.05, 0) is 52.8 Å². The molecule has 0 aliphatic rings. The first-order valence-electron chi connectivity index (χ1n) is 9.67. The molecule has 0 N–H and O–H groups in total. The van der Waals surface area contributed by atoms with Gasteiger partial charge in [0.2, 0.25) is 0 Å². The monoisotopic (exact) mass is 369 g/mol. The number of esters is 1. The quantitative estimate of drug-likeness (QED) is 0.393. The summed E-state index contributed by atoms with van der Waals surface area (Å²) in [5, 5.41) is 4.24. The topological polar surface area (TPSA) is 39.2 Å². The third-order valence-corrected chi connectivity index (χ3v) is 5.09. The van der Waals surface area contributed by atoms with Gasteiger partial charge in [-0.3, -0.25) is 4.98 Å². The minimum Gasteiger partial charge on any atom is -0.462 e. The molecule has 0 aliphatic heterocycles. The molecule has 28 heavy (non-hydrogen) atoms. The van der Waals surface area contributed by atoms with Crippen LogP contribution in [0.1, 0.15) is 42.6 Å². The van der Waals surface area contributed by atoms with Crippen molar-refractivity contribution in [3.8, 4) is 11.3 Å². The number of rotatable bonds is 4. The highest BCUT2D eigenvalue weighted by atomic mass is 16.5. The smallest absolute Gasteiger partial charge is 0.338 e. The number of hydrogen-bond acceptors (Lipinski definition) is 3. The van der Waals surface area contributed by atoms with Crippen molar-refractivity contribution in [3.05, 3.63) is 78.0 Å². The van der Waals surface area contributed by atoms with E-state index in [4.69, 9.17) is 4.74 Å². The summed E-state index contributed by atoms with van der Waals surface area (Å²) in [5.41, 5.74) is 3.45. The van der Waals surface area contributed by atoms with Crippen LogP contribution in [-0.2, 0) is 4.74 Å². The van der Waals surface area contributed by atoms with Crippen molar-refractivity contribution >= 4 is 27.5 Å². The molecular weight excluding hydrogens is 346 g/mol. The van der Waals surface area contributed by atoms with Crippen LogP contribution in [0.2, 0.25) is 0 Å². The molecule has 1 heterocycles. The molecule has 0 amide bonds. The van der Waals surface area contributed by atoms with Crippen LogP contribution in [-0.4, -0.2) is 17.6 Å². The number of aromatic nitrogens is 1. The van der Waals surface area contributed by atoms with E-state index in [0.29, 0.717) is 18.1 Å². The van der Waals surface area contributed by atoms with E-state index < -0.39 is 0 Å². The van der Waals surface area contributed by atoms with Gasteiger partial charge in [0.1, 0.15) is 0 Å². The fourth-order valence-corrected chi connectivity index (χ4v) is 3.58. The van der Waals surface area contributed by atoms with Gasteiger partial charge in [0.05, 0.1) is 17.9 Å². The number of ether oxygens (including phenoxy) is 1. The maximum absolute atomic E-state index is 12.7. The van der Waals surface area contributed by atoms with Crippen molar-refractivity contribution in [2.75, 3.05) is 6.61 Å². The second-order valence-corrected chi connectivity index (χ2v) is 7.26. The normalized spacial score (nSPS) is 11.3. The molecule has 0 bridgehead atoms. The van der Waals surface area contributed by atoms with Gasteiger partial charge < -0.3 is 4.74 Å². The lowest BCUT2D eigenvalue weighted by molar-refractivity contribution is 0.0527. The number of carbonyl (C=O) groups excluding carboxylic acids is 1. The third kappa shape index (κ3) is 3.24. The minimum absolute atomic E-state index is 0.319. The van der Waals surface area contributed by atoms with E-state index in [9.17, 15) is 4.79 Å². The Morgan fingerprint density at radius 1 is 0.964 bits per heavy atom. The lowest BCUT2D eigenvalue weighted by Gasteiger charge is -2.14. The van der Waals surface area contributed by atoms with Crippen LogP contribution in [0, 0.1) is 0 Å². The van der Waals surface area contributed by atoms with E-state index in [1.54, 1.807) is 0 Å². The van der Waals surface area contributed by atoms with Crippen LogP contribution in [0.3, 0.4) is 0 Å². The Hall–Kier alpha value is -3.20. The molecule has 3 aromatic carbocycles. The summed E-state index contributed by atoms with van der Waals surface area (Å²) >= 11 is 0. The van der Waals surface area contributed by atoms with E-state index in [0.717, 1.165) is 32.8 Å². The molecule has 0 atom stereocenters. The van der Waals surface area contributed by atoms with Crippen LogP contribution >= 0.6 is 0 Å². The molecule has 140 valence electrons. The summed E-state index contributed by atoms with van der Waals surface area (Å²) < 4.78 is 5.33. The zero-order valence-corrected chi connectivity index (χ0v) is 16.4. The number of carbonyl (C=O) groups is 1. The van der Waals surface area contributed by atoms with Crippen molar-refractivity contribution in [3.63, 3.8) is 0 Å². The Morgan fingerprint density at radius 3 is 2.43 bits per heavy atom. The van der Waals surface area contributed by atoms with Gasteiger partial charge in [-0.1, -0.05) is 56.3 Å². The lowest BCUT2D eigenvalue weighted by Crippen LogP contribution is -2.07. The lowest BCUT2D eigenvalue weighted by atomic mass is 9.94. The van der Waals surface area contributed by atoms with Crippen LogP contribution in [0.5, 0.6) is 0 Å². The van der Waals surface area contributed by atoms with E-state index >= 15 is 0 Å². The van der Waals surface area contributed by atoms with Gasteiger partial charge in [-0.2, -0.15) is 0 Å². The highest BCUT2D eigenvalue weighted by molar-refractivity contribution is 6.06. The first kappa shape index (κ1) is 18.2. The molecule has 0 aliphatic carbocycles. The molecule has 4 rings (SSSR count). The van der Waals surface area contributed by atoms with E-state index in [-0.39, 0.29) is 5.97 Å². The maximum Gasteiger partial charge on any atom is 0.338 e. The molecular formula is C25H23NO2. The Morgan fingerprint density at radius 2 is 1.71 bits per heavy atom. The standard InChI is InChI=1S/C25H23NO2/c1-4-28-25(27)23-15-19-8-6-5-7-18(19)14-22(23)24-21-10-9-17(16(2)3)13-20(21)11-12-26-24/h5-16H,4H2,1-3H3. The van der Waals surface area contributed by atoms with Gasteiger partial charge in [0, 0.05) is 17.1 Å². The largest absolute Gasteiger partial charge is 0.462 e. The second kappa shape index (κ2) is 7.43. The Balaban J connectivity index is 1.99. The van der Waals surface area contributed by atoms with Crippen LogP contribution in [0.4, 0.5) is 0 Å². The Bertz CT molecular complexity index is 1180. The van der Waals surface area contributed by atoms with Gasteiger partial charge >= 0.3 is 5.97 Å². The first-order valence-corrected chi connectivity index (χ1v) is 9.67. The summed E-state index contributed by atoms with van der Waals surface area (Å²) in [6.07, 6.45) is 1.81.